The number of hydrogen-bond acceptors (Lipinski definition) is 5. The molecule has 1 heterocycles. The monoisotopic (exact) mass is 396 g/mol. The summed E-state index contributed by atoms with van der Waals surface area (Å²) >= 11 is 0. The molecule has 2 aromatic carbocycles. The van der Waals surface area contributed by atoms with Crippen molar-refractivity contribution in [2.75, 3.05) is 19.7 Å². The predicted octanol–water partition coefficient (Wildman–Crippen LogP) is 3.86. The van der Waals surface area contributed by atoms with Gasteiger partial charge in [-0.3, -0.25) is 4.90 Å². The first kappa shape index (κ1) is 21.5. The van der Waals surface area contributed by atoms with Crippen molar-refractivity contribution in [2.24, 2.45) is 5.16 Å². The predicted molar refractivity (Wildman–Crippen MR) is 116 cm³/mol. The number of aliphatic hydroxyl groups excluding tert-OH is 1. The summed E-state index contributed by atoms with van der Waals surface area (Å²) < 4.78 is 5.76. The van der Waals surface area contributed by atoms with Crippen LogP contribution in [0.1, 0.15) is 38.3 Å². The zero-order valence-corrected chi connectivity index (χ0v) is 17.6. The molecule has 1 N–H and O–H groups in total. The van der Waals surface area contributed by atoms with Crippen LogP contribution >= 0.6 is 0 Å². The van der Waals surface area contributed by atoms with E-state index in [2.05, 4.69) is 34.3 Å². The van der Waals surface area contributed by atoms with Gasteiger partial charge in [0.25, 0.3) is 0 Å². The van der Waals surface area contributed by atoms with Crippen molar-refractivity contribution in [1.29, 1.82) is 0 Å². The van der Waals surface area contributed by atoms with Crippen LogP contribution in [0.15, 0.2) is 65.8 Å². The molecule has 0 bridgehead atoms. The molecule has 1 aliphatic heterocycles. The molecule has 0 saturated carbocycles. The molecule has 29 heavy (non-hydrogen) atoms. The second-order valence-corrected chi connectivity index (χ2v) is 8.59. The van der Waals surface area contributed by atoms with Crippen LogP contribution in [-0.4, -0.2) is 53.2 Å². The molecule has 2 unspecified atom stereocenters. The van der Waals surface area contributed by atoms with Crippen LogP contribution < -0.4 is 0 Å². The van der Waals surface area contributed by atoms with E-state index in [0.717, 1.165) is 24.2 Å². The Labute approximate surface area is 173 Å². The van der Waals surface area contributed by atoms with Gasteiger partial charge in [-0.05, 0) is 31.9 Å². The maximum Gasteiger partial charge on any atom is 0.145 e. The summed E-state index contributed by atoms with van der Waals surface area (Å²) in [7, 11) is 0. The van der Waals surface area contributed by atoms with Crippen LogP contribution in [0.3, 0.4) is 0 Å². The minimum absolute atomic E-state index is 0.0235. The van der Waals surface area contributed by atoms with Crippen LogP contribution in [0.4, 0.5) is 0 Å². The van der Waals surface area contributed by atoms with E-state index in [1.54, 1.807) is 0 Å². The molecular weight excluding hydrogens is 364 g/mol. The molecule has 5 heteroatoms. The highest BCUT2D eigenvalue weighted by atomic mass is 16.6. The van der Waals surface area contributed by atoms with Gasteiger partial charge in [-0.25, -0.2) is 0 Å². The van der Waals surface area contributed by atoms with E-state index < -0.39 is 6.10 Å². The van der Waals surface area contributed by atoms with Gasteiger partial charge in [-0.2, -0.15) is 0 Å². The highest BCUT2D eigenvalue weighted by Crippen LogP contribution is 2.19. The zero-order valence-electron chi connectivity index (χ0n) is 17.6. The lowest BCUT2D eigenvalue weighted by Crippen LogP contribution is -2.40. The maximum atomic E-state index is 10.5. The van der Waals surface area contributed by atoms with Gasteiger partial charge in [0.2, 0.25) is 0 Å². The second-order valence-electron chi connectivity index (χ2n) is 8.59. The lowest BCUT2D eigenvalue weighted by molar-refractivity contribution is -0.0600. The van der Waals surface area contributed by atoms with Crippen molar-refractivity contribution in [3.8, 4) is 0 Å². The summed E-state index contributed by atoms with van der Waals surface area (Å²) in [4.78, 5) is 7.94. The Bertz CT molecular complexity index is 772. The molecule has 156 valence electrons. The lowest BCUT2D eigenvalue weighted by atomic mass is 10.0. The van der Waals surface area contributed by atoms with Crippen LogP contribution in [0.25, 0.3) is 0 Å². The van der Waals surface area contributed by atoms with Crippen molar-refractivity contribution in [1.82, 2.24) is 4.90 Å². The van der Waals surface area contributed by atoms with E-state index >= 15 is 0 Å². The van der Waals surface area contributed by atoms with Gasteiger partial charge in [0.15, 0.2) is 0 Å². The summed E-state index contributed by atoms with van der Waals surface area (Å²) in [6.07, 6.45) is 0.183. The Morgan fingerprint density at radius 1 is 1.10 bits per heavy atom. The van der Waals surface area contributed by atoms with Gasteiger partial charge in [-0.1, -0.05) is 65.8 Å². The largest absolute Gasteiger partial charge is 0.390 e. The molecule has 0 radical (unpaired) electrons. The first-order valence-corrected chi connectivity index (χ1v) is 10.3. The number of aliphatic hydroxyl groups is 1. The van der Waals surface area contributed by atoms with Crippen LogP contribution in [0.2, 0.25) is 0 Å². The van der Waals surface area contributed by atoms with Crippen molar-refractivity contribution in [2.45, 2.75) is 51.5 Å². The molecule has 0 aliphatic carbocycles. The fourth-order valence-corrected chi connectivity index (χ4v) is 3.36. The number of oxime groups is 1. The smallest absolute Gasteiger partial charge is 0.145 e. The first-order valence-electron chi connectivity index (χ1n) is 10.3. The highest BCUT2D eigenvalue weighted by Gasteiger charge is 2.26. The van der Waals surface area contributed by atoms with E-state index in [1.165, 1.54) is 5.56 Å². The molecule has 1 aliphatic rings. The van der Waals surface area contributed by atoms with Crippen molar-refractivity contribution >= 4 is 5.71 Å². The maximum absolute atomic E-state index is 10.5. The normalized spacial score (nSPS) is 17.8. The Morgan fingerprint density at radius 3 is 2.41 bits per heavy atom. The molecule has 0 fully saturated rings. The molecule has 0 amide bonds. The lowest BCUT2D eigenvalue weighted by Gasteiger charge is -2.28. The second kappa shape index (κ2) is 10.0. The Morgan fingerprint density at radius 2 is 1.76 bits per heavy atom. The minimum Gasteiger partial charge on any atom is -0.390 e. The molecule has 0 aromatic heterocycles. The quantitative estimate of drug-likeness (QED) is 0.699. The summed E-state index contributed by atoms with van der Waals surface area (Å²) in [5.74, 6) is 0. The van der Waals surface area contributed by atoms with E-state index in [1.807, 2.05) is 57.2 Å². The Hall–Kier alpha value is -2.21. The summed E-state index contributed by atoms with van der Waals surface area (Å²) in [6, 6.07) is 20.4. The van der Waals surface area contributed by atoms with Gasteiger partial charge in [0.05, 0.1) is 24.0 Å². The van der Waals surface area contributed by atoms with Crippen molar-refractivity contribution in [3.63, 3.8) is 0 Å². The third-order valence-corrected chi connectivity index (χ3v) is 4.73. The van der Waals surface area contributed by atoms with E-state index in [-0.39, 0.29) is 11.7 Å². The third-order valence-electron chi connectivity index (χ3n) is 4.73. The summed E-state index contributed by atoms with van der Waals surface area (Å²) in [5.41, 5.74) is 3.02. The molecule has 0 saturated heterocycles. The van der Waals surface area contributed by atoms with Gasteiger partial charge in [0.1, 0.15) is 6.10 Å². The minimum atomic E-state index is -0.561. The number of rotatable bonds is 9. The van der Waals surface area contributed by atoms with Crippen molar-refractivity contribution in [3.05, 3.63) is 71.8 Å². The number of ether oxygens (including phenoxy) is 1. The molecule has 0 spiro atoms. The molecular formula is C24H32N2O3. The van der Waals surface area contributed by atoms with E-state index in [0.29, 0.717) is 19.7 Å². The first-order chi connectivity index (χ1) is 13.9. The van der Waals surface area contributed by atoms with Gasteiger partial charge < -0.3 is 14.7 Å². The zero-order chi connectivity index (χ0) is 20.7. The molecule has 2 atom stereocenters. The fourth-order valence-electron chi connectivity index (χ4n) is 3.36. The van der Waals surface area contributed by atoms with E-state index in [9.17, 15) is 5.11 Å². The standard InChI is InChI=1S/C24H32N2O3/c1-24(2,3)28-18-21(27)16-26(15-19-10-6-4-7-11-19)17-22-14-23(25-29-22)20-12-8-5-9-13-20/h4-13,21-22,27H,14-18H2,1-3H3. The van der Waals surface area contributed by atoms with Crippen LogP contribution in [0.5, 0.6) is 0 Å². The number of hydrogen-bond donors (Lipinski definition) is 1. The molecule has 3 rings (SSSR count). The van der Waals surface area contributed by atoms with Crippen LogP contribution in [0, 0.1) is 0 Å². The Kier molecular flexibility index (Phi) is 7.42. The number of benzene rings is 2. The highest BCUT2D eigenvalue weighted by molar-refractivity contribution is 6.01. The van der Waals surface area contributed by atoms with E-state index in [4.69, 9.17) is 9.57 Å². The van der Waals surface area contributed by atoms with Gasteiger partial charge in [0, 0.05) is 26.1 Å². The fraction of sp³-hybridized carbons (Fsp3) is 0.458. The SMILES string of the molecule is CC(C)(C)OCC(O)CN(Cc1ccccc1)CC1CC(c2ccccc2)=NO1. The number of nitrogens with zero attached hydrogens (tertiary/aromatic N) is 2. The summed E-state index contributed by atoms with van der Waals surface area (Å²) in [6.45, 7) is 8.26. The molecule has 2 aromatic rings. The average Bonchev–Trinajstić information content (AvgIpc) is 3.16. The summed E-state index contributed by atoms with van der Waals surface area (Å²) in [5, 5.41) is 14.8. The third kappa shape index (κ3) is 7.28. The van der Waals surface area contributed by atoms with Gasteiger partial charge in [-0.15, -0.1) is 0 Å². The topological polar surface area (TPSA) is 54.3 Å². The molecule has 5 nitrogen and oxygen atoms in total. The van der Waals surface area contributed by atoms with Crippen LogP contribution in [-0.2, 0) is 16.1 Å². The average molecular weight is 397 g/mol. The van der Waals surface area contributed by atoms with Gasteiger partial charge >= 0.3 is 0 Å². The van der Waals surface area contributed by atoms with Crippen molar-refractivity contribution < 1.29 is 14.7 Å². The Balaban J connectivity index is 1.59.